The fourth-order valence-electron chi connectivity index (χ4n) is 0.995. The molecule has 0 aliphatic heterocycles. The number of nitrogens with zero attached hydrogens (tertiary/aromatic N) is 2. The first kappa shape index (κ1) is 9.98. The molecule has 0 N–H and O–H groups in total. The highest BCUT2D eigenvalue weighted by Gasteiger charge is 2.27. The zero-order valence-corrected chi connectivity index (χ0v) is 8.04. The molecule has 5 nitrogen and oxygen atoms in total. The van der Waals surface area contributed by atoms with E-state index in [0.29, 0.717) is 5.69 Å². The number of hydrogen-bond donors (Lipinski definition) is 0. The zero-order valence-electron chi connectivity index (χ0n) is 7.28. The summed E-state index contributed by atoms with van der Waals surface area (Å²) in [6.07, 6.45) is 0. The maximum atomic E-state index is 10.6. The number of hydrogen-bond acceptors (Lipinski definition) is 4. The minimum absolute atomic E-state index is 0.0317. The van der Waals surface area contributed by atoms with Gasteiger partial charge >= 0.3 is 5.69 Å². The highest BCUT2D eigenvalue weighted by Crippen LogP contribution is 2.29. The Morgan fingerprint density at radius 1 is 1.69 bits per heavy atom. The summed E-state index contributed by atoms with van der Waals surface area (Å²) in [5, 5.41) is 14.2. The van der Waals surface area contributed by atoms with Crippen molar-refractivity contribution in [3.05, 3.63) is 21.6 Å². The second kappa shape index (κ2) is 3.74. The largest absolute Gasteiger partial charge is 0.352 e. The van der Waals surface area contributed by atoms with Gasteiger partial charge < -0.3 is 4.52 Å². The molecule has 0 aliphatic rings. The van der Waals surface area contributed by atoms with Crippen LogP contribution in [-0.2, 0) is 5.88 Å². The standard InChI is InChI=1S/C7H9ClN2O3/c1-4(2)6-7(10(11)12)5(3-8)13-9-6/h4H,3H2,1-2H3. The Balaban J connectivity index is 3.22. The first-order valence-corrected chi connectivity index (χ1v) is 4.30. The third kappa shape index (κ3) is 1.80. The van der Waals surface area contributed by atoms with Crippen molar-refractivity contribution in [2.24, 2.45) is 0 Å². The van der Waals surface area contributed by atoms with Gasteiger partial charge in [-0.1, -0.05) is 19.0 Å². The summed E-state index contributed by atoms with van der Waals surface area (Å²) in [6, 6.07) is 0. The summed E-state index contributed by atoms with van der Waals surface area (Å²) >= 11 is 5.46. The second-order valence-corrected chi connectivity index (χ2v) is 3.15. The number of nitro groups is 1. The minimum atomic E-state index is -0.510. The Morgan fingerprint density at radius 3 is 2.69 bits per heavy atom. The van der Waals surface area contributed by atoms with Crippen LogP contribution in [0.15, 0.2) is 4.52 Å². The second-order valence-electron chi connectivity index (χ2n) is 2.89. The summed E-state index contributed by atoms with van der Waals surface area (Å²) in [4.78, 5) is 10.1. The smallest absolute Gasteiger partial charge is 0.336 e. The van der Waals surface area contributed by atoms with Gasteiger partial charge in [-0.05, 0) is 0 Å². The zero-order chi connectivity index (χ0) is 10.0. The Labute approximate surface area is 79.8 Å². The molecule has 0 amide bonds. The topological polar surface area (TPSA) is 69.2 Å². The molecule has 0 spiro atoms. The maximum Gasteiger partial charge on any atom is 0.336 e. The Bertz CT molecular complexity index is 322. The highest BCUT2D eigenvalue weighted by molar-refractivity contribution is 6.17. The van der Waals surface area contributed by atoms with Crippen LogP contribution in [0, 0.1) is 10.1 Å². The van der Waals surface area contributed by atoms with Crippen LogP contribution in [0.3, 0.4) is 0 Å². The predicted octanol–water partition coefficient (Wildman–Crippen LogP) is 2.45. The van der Waals surface area contributed by atoms with Crippen LogP contribution < -0.4 is 0 Å². The van der Waals surface area contributed by atoms with Crippen LogP contribution in [0.4, 0.5) is 5.69 Å². The molecular formula is C7H9ClN2O3. The highest BCUT2D eigenvalue weighted by atomic mass is 35.5. The van der Waals surface area contributed by atoms with Gasteiger partial charge in [-0.3, -0.25) is 10.1 Å². The molecule has 0 saturated heterocycles. The van der Waals surface area contributed by atoms with E-state index in [2.05, 4.69) is 5.16 Å². The summed E-state index contributed by atoms with van der Waals surface area (Å²) < 4.78 is 4.74. The molecule has 1 aromatic heterocycles. The van der Waals surface area contributed by atoms with Crippen LogP contribution in [0.1, 0.15) is 31.2 Å². The third-order valence-corrected chi connectivity index (χ3v) is 1.85. The van der Waals surface area contributed by atoms with Gasteiger partial charge in [0.05, 0.1) is 10.8 Å². The first-order valence-electron chi connectivity index (χ1n) is 3.76. The maximum absolute atomic E-state index is 10.6. The van der Waals surface area contributed by atoms with Gasteiger partial charge in [-0.15, -0.1) is 11.6 Å². The number of rotatable bonds is 3. The molecule has 0 atom stereocenters. The van der Waals surface area contributed by atoms with Crippen molar-refractivity contribution in [3.8, 4) is 0 Å². The SMILES string of the molecule is CC(C)c1noc(CCl)c1[N+](=O)[O-]. The molecule has 1 rings (SSSR count). The number of halogens is 1. The van der Waals surface area contributed by atoms with Gasteiger partial charge in [0.15, 0.2) is 5.69 Å². The summed E-state index contributed by atoms with van der Waals surface area (Å²) in [5.41, 5.74) is 0.255. The van der Waals surface area contributed by atoms with Gasteiger partial charge in [-0.2, -0.15) is 0 Å². The van der Waals surface area contributed by atoms with E-state index in [0.717, 1.165) is 0 Å². The molecule has 1 heterocycles. The van der Waals surface area contributed by atoms with Gasteiger partial charge in [0.2, 0.25) is 5.76 Å². The lowest BCUT2D eigenvalue weighted by Crippen LogP contribution is -1.96. The lowest BCUT2D eigenvalue weighted by Gasteiger charge is -1.96. The molecular weight excluding hydrogens is 196 g/mol. The molecule has 6 heteroatoms. The van der Waals surface area contributed by atoms with Crippen LogP contribution in [-0.4, -0.2) is 10.1 Å². The van der Waals surface area contributed by atoms with Crippen molar-refractivity contribution in [3.63, 3.8) is 0 Å². The number of alkyl halides is 1. The van der Waals surface area contributed by atoms with Crippen LogP contribution in [0.25, 0.3) is 0 Å². The Kier molecular flexibility index (Phi) is 2.87. The monoisotopic (exact) mass is 204 g/mol. The van der Waals surface area contributed by atoms with E-state index in [1.54, 1.807) is 0 Å². The molecule has 0 aromatic carbocycles. The lowest BCUT2D eigenvalue weighted by molar-refractivity contribution is -0.386. The van der Waals surface area contributed by atoms with E-state index in [1.807, 2.05) is 13.8 Å². The molecule has 0 aliphatic carbocycles. The fraction of sp³-hybridized carbons (Fsp3) is 0.571. The van der Waals surface area contributed by atoms with Crippen molar-refractivity contribution in [2.45, 2.75) is 25.6 Å². The van der Waals surface area contributed by atoms with Gasteiger partial charge in [0.1, 0.15) is 0 Å². The molecule has 0 saturated carbocycles. The Hall–Kier alpha value is -1.10. The molecule has 1 aromatic rings. The predicted molar refractivity (Wildman–Crippen MR) is 46.8 cm³/mol. The van der Waals surface area contributed by atoms with Crippen LogP contribution in [0.2, 0.25) is 0 Å². The minimum Gasteiger partial charge on any atom is -0.352 e. The van der Waals surface area contributed by atoms with Crippen molar-refractivity contribution in [2.75, 3.05) is 0 Å². The normalized spacial score (nSPS) is 10.8. The van der Waals surface area contributed by atoms with Gasteiger partial charge in [-0.25, -0.2) is 0 Å². The van der Waals surface area contributed by atoms with E-state index in [4.69, 9.17) is 16.1 Å². The lowest BCUT2D eigenvalue weighted by atomic mass is 10.1. The van der Waals surface area contributed by atoms with Crippen molar-refractivity contribution in [1.29, 1.82) is 0 Å². The van der Waals surface area contributed by atoms with Crippen molar-refractivity contribution in [1.82, 2.24) is 5.16 Å². The molecule has 0 radical (unpaired) electrons. The molecule has 13 heavy (non-hydrogen) atoms. The molecule has 0 unspecified atom stereocenters. The van der Waals surface area contributed by atoms with Gasteiger partial charge in [0, 0.05) is 5.92 Å². The van der Waals surface area contributed by atoms with E-state index in [-0.39, 0.29) is 23.2 Å². The fourth-order valence-corrected chi connectivity index (χ4v) is 1.17. The number of aromatic nitrogens is 1. The third-order valence-electron chi connectivity index (χ3n) is 1.61. The van der Waals surface area contributed by atoms with E-state index >= 15 is 0 Å². The molecule has 0 bridgehead atoms. The quantitative estimate of drug-likeness (QED) is 0.431. The first-order chi connectivity index (χ1) is 6.07. The molecule has 72 valence electrons. The summed E-state index contributed by atoms with van der Waals surface area (Å²) in [6.45, 7) is 3.62. The summed E-state index contributed by atoms with van der Waals surface area (Å²) in [7, 11) is 0. The van der Waals surface area contributed by atoms with E-state index in [1.165, 1.54) is 0 Å². The van der Waals surface area contributed by atoms with E-state index < -0.39 is 4.92 Å². The average molecular weight is 205 g/mol. The van der Waals surface area contributed by atoms with E-state index in [9.17, 15) is 10.1 Å². The average Bonchev–Trinajstić information content (AvgIpc) is 2.46. The van der Waals surface area contributed by atoms with Crippen LogP contribution in [0.5, 0.6) is 0 Å². The summed E-state index contributed by atoms with van der Waals surface area (Å²) in [5.74, 6) is 0.0484. The molecule has 0 fully saturated rings. The van der Waals surface area contributed by atoms with Gasteiger partial charge in [0.25, 0.3) is 0 Å². The van der Waals surface area contributed by atoms with Crippen LogP contribution >= 0.6 is 11.6 Å². The van der Waals surface area contributed by atoms with Crippen molar-refractivity contribution >= 4 is 17.3 Å². The van der Waals surface area contributed by atoms with Crippen molar-refractivity contribution < 1.29 is 9.45 Å². The Morgan fingerprint density at radius 2 is 2.31 bits per heavy atom.